The van der Waals surface area contributed by atoms with E-state index in [-0.39, 0.29) is 37.7 Å². The third kappa shape index (κ3) is 6.60. The average Bonchev–Trinajstić information content (AvgIpc) is 2.77. The molecule has 36 heavy (non-hydrogen) atoms. The molecule has 0 bridgehead atoms. The standard InChI is InChI=1S/C22H13Cl3F3N3O4S/c23-14-5-13(10-29)6-16(8-14)35-19-7-12(1-3-17(19)24)11-31(21(32)22(26,27)28)15-2-4-18(25)20(9-15)36(30,33)34/h1-9H,11H2,(H2,30,33,34). The van der Waals surface area contributed by atoms with Crippen LogP contribution in [0.2, 0.25) is 15.1 Å². The number of sulfonamides is 1. The van der Waals surface area contributed by atoms with Crippen LogP contribution in [0.1, 0.15) is 11.1 Å². The molecule has 0 fully saturated rings. The second kappa shape index (κ2) is 10.5. The Balaban J connectivity index is 2.03. The van der Waals surface area contributed by atoms with Crippen molar-refractivity contribution in [2.45, 2.75) is 17.6 Å². The maximum absolute atomic E-state index is 13.4. The molecule has 3 rings (SSSR count). The van der Waals surface area contributed by atoms with Gasteiger partial charge in [-0.15, -0.1) is 0 Å². The smallest absolute Gasteiger partial charge is 0.456 e. The minimum absolute atomic E-state index is 0.000983. The number of carbonyl (C=O) groups is 1. The number of nitriles is 1. The lowest BCUT2D eigenvalue weighted by atomic mass is 10.1. The molecule has 1 amide bonds. The molecule has 0 saturated heterocycles. The molecule has 0 aromatic heterocycles. The fourth-order valence-electron chi connectivity index (χ4n) is 3.03. The average molecular weight is 579 g/mol. The molecule has 0 radical (unpaired) electrons. The van der Waals surface area contributed by atoms with Crippen molar-refractivity contribution in [3.63, 3.8) is 0 Å². The van der Waals surface area contributed by atoms with Crippen molar-refractivity contribution < 1.29 is 31.1 Å². The molecular weight excluding hydrogens is 566 g/mol. The molecule has 0 aliphatic heterocycles. The first-order chi connectivity index (χ1) is 16.7. The Morgan fingerprint density at radius 2 is 1.69 bits per heavy atom. The molecule has 3 aromatic carbocycles. The number of halogens is 6. The lowest BCUT2D eigenvalue weighted by Gasteiger charge is -2.25. The molecule has 0 aliphatic carbocycles. The maximum Gasteiger partial charge on any atom is 0.471 e. The number of nitrogens with two attached hydrogens (primary N) is 1. The van der Waals surface area contributed by atoms with Gasteiger partial charge in [0.05, 0.1) is 28.2 Å². The zero-order valence-electron chi connectivity index (χ0n) is 17.7. The monoisotopic (exact) mass is 577 g/mol. The number of carbonyl (C=O) groups excluding carboxylic acids is 1. The minimum atomic E-state index is -5.29. The summed E-state index contributed by atoms with van der Waals surface area (Å²) in [7, 11) is -4.40. The summed E-state index contributed by atoms with van der Waals surface area (Å²) < 4.78 is 69.4. The summed E-state index contributed by atoms with van der Waals surface area (Å²) >= 11 is 17.9. The second-order valence-electron chi connectivity index (χ2n) is 7.20. The number of primary sulfonamides is 1. The van der Waals surface area contributed by atoms with E-state index >= 15 is 0 Å². The van der Waals surface area contributed by atoms with Crippen molar-refractivity contribution in [1.29, 1.82) is 5.26 Å². The molecule has 0 heterocycles. The zero-order chi connectivity index (χ0) is 26.8. The van der Waals surface area contributed by atoms with Gasteiger partial charge in [0.25, 0.3) is 0 Å². The van der Waals surface area contributed by atoms with Gasteiger partial charge in [-0.05, 0) is 54.1 Å². The number of alkyl halides is 3. The van der Waals surface area contributed by atoms with Crippen LogP contribution in [0.4, 0.5) is 18.9 Å². The van der Waals surface area contributed by atoms with E-state index in [1.807, 2.05) is 6.07 Å². The Morgan fingerprint density at radius 3 is 2.31 bits per heavy atom. The lowest BCUT2D eigenvalue weighted by molar-refractivity contribution is -0.170. The van der Waals surface area contributed by atoms with Gasteiger partial charge in [-0.3, -0.25) is 4.79 Å². The number of anilines is 1. The summed E-state index contributed by atoms with van der Waals surface area (Å²) in [4.78, 5) is 11.9. The van der Waals surface area contributed by atoms with Crippen molar-refractivity contribution in [1.82, 2.24) is 0 Å². The number of benzene rings is 3. The van der Waals surface area contributed by atoms with E-state index in [4.69, 9.17) is 49.9 Å². The van der Waals surface area contributed by atoms with Gasteiger partial charge in [-0.2, -0.15) is 18.4 Å². The highest BCUT2D eigenvalue weighted by molar-refractivity contribution is 7.89. The largest absolute Gasteiger partial charge is 0.471 e. The number of rotatable bonds is 6. The number of hydrogen-bond acceptors (Lipinski definition) is 5. The van der Waals surface area contributed by atoms with Crippen molar-refractivity contribution in [2.75, 3.05) is 4.90 Å². The van der Waals surface area contributed by atoms with Crippen LogP contribution in [0.3, 0.4) is 0 Å². The molecule has 188 valence electrons. The van der Waals surface area contributed by atoms with Gasteiger partial charge in [-0.1, -0.05) is 40.9 Å². The summed E-state index contributed by atoms with van der Waals surface area (Å²) in [5.74, 6) is -2.13. The van der Waals surface area contributed by atoms with Crippen LogP contribution in [0.25, 0.3) is 0 Å². The predicted molar refractivity (Wildman–Crippen MR) is 128 cm³/mol. The quantitative estimate of drug-likeness (QED) is 0.382. The second-order valence-corrected chi connectivity index (χ2v) is 9.98. The zero-order valence-corrected chi connectivity index (χ0v) is 20.8. The van der Waals surface area contributed by atoms with Gasteiger partial charge < -0.3 is 9.64 Å². The Labute approximate surface area is 218 Å². The summed E-state index contributed by atoms with van der Waals surface area (Å²) in [6.07, 6.45) is -5.29. The lowest BCUT2D eigenvalue weighted by Crippen LogP contribution is -2.41. The van der Waals surface area contributed by atoms with E-state index < -0.39 is 39.2 Å². The molecule has 2 N–H and O–H groups in total. The number of hydrogen-bond donors (Lipinski definition) is 1. The van der Waals surface area contributed by atoms with Crippen molar-refractivity contribution in [3.05, 3.63) is 80.8 Å². The molecule has 3 aromatic rings. The van der Waals surface area contributed by atoms with Crippen LogP contribution >= 0.6 is 34.8 Å². The maximum atomic E-state index is 13.4. The summed E-state index contributed by atoms with van der Waals surface area (Å²) in [5.41, 5.74) is -0.0848. The van der Waals surface area contributed by atoms with Gasteiger partial charge in [0.1, 0.15) is 16.4 Å². The van der Waals surface area contributed by atoms with Gasteiger partial charge >= 0.3 is 12.1 Å². The summed E-state index contributed by atoms with van der Waals surface area (Å²) in [6.45, 7) is -0.656. The highest BCUT2D eigenvalue weighted by Crippen LogP contribution is 2.34. The molecule has 0 unspecified atom stereocenters. The molecule has 0 saturated carbocycles. The minimum Gasteiger partial charge on any atom is -0.456 e. The van der Waals surface area contributed by atoms with E-state index in [0.717, 1.165) is 18.2 Å². The highest BCUT2D eigenvalue weighted by Gasteiger charge is 2.43. The number of nitrogens with zero attached hydrogens (tertiary/aromatic N) is 2. The SMILES string of the molecule is N#Cc1cc(Cl)cc(Oc2cc(CN(C(=O)C(F)(F)F)c3ccc(Cl)c(S(N)(=O)=O)c3)ccc2Cl)c1. The first-order valence-corrected chi connectivity index (χ1v) is 12.2. The van der Waals surface area contributed by atoms with Crippen LogP contribution in [0.15, 0.2) is 59.5 Å². The van der Waals surface area contributed by atoms with Crippen LogP contribution in [-0.2, 0) is 21.4 Å². The molecule has 0 aliphatic rings. The third-order valence-corrected chi connectivity index (χ3v) is 6.51. The number of ether oxygens (including phenoxy) is 1. The summed E-state index contributed by atoms with van der Waals surface area (Å²) in [5, 5.41) is 14.1. The Kier molecular flexibility index (Phi) is 8.07. The summed E-state index contributed by atoms with van der Waals surface area (Å²) in [6, 6.07) is 12.8. The van der Waals surface area contributed by atoms with E-state index in [1.54, 1.807) is 0 Å². The van der Waals surface area contributed by atoms with E-state index in [2.05, 4.69) is 0 Å². The first-order valence-electron chi connectivity index (χ1n) is 9.57. The Morgan fingerprint density at radius 1 is 1.03 bits per heavy atom. The molecule has 7 nitrogen and oxygen atoms in total. The molecule has 0 atom stereocenters. The molecule has 0 spiro atoms. The molecular formula is C22H13Cl3F3N3O4S. The third-order valence-electron chi connectivity index (χ3n) is 4.59. The van der Waals surface area contributed by atoms with E-state index in [0.29, 0.717) is 4.90 Å². The van der Waals surface area contributed by atoms with E-state index in [1.165, 1.54) is 36.4 Å². The fraction of sp³-hybridized carbons (Fsp3) is 0.0909. The van der Waals surface area contributed by atoms with Gasteiger partial charge in [0.2, 0.25) is 10.0 Å². The van der Waals surface area contributed by atoms with Crippen LogP contribution in [0, 0.1) is 11.3 Å². The first kappa shape index (κ1) is 27.6. The Bertz CT molecular complexity index is 1490. The van der Waals surface area contributed by atoms with Crippen molar-refractivity contribution >= 4 is 56.4 Å². The Hall–Kier alpha value is -3.01. The van der Waals surface area contributed by atoms with Crippen molar-refractivity contribution in [2.24, 2.45) is 5.14 Å². The van der Waals surface area contributed by atoms with Crippen molar-refractivity contribution in [3.8, 4) is 17.6 Å². The van der Waals surface area contributed by atoms with Gasteiger partial charge in [0, 0.05) is 10.7 Å². The topological polar surface area (TPSA) is 113 Å². The number of amides is 1. The highest BCUT2D eigenvalue weighted by atomic mass is 35.5. The van der Waals surface area contributed by atoms with Crippen LogP contribution in [-0.4, -0.2) is 20.5 Å². The molecule has 14 heteroatoms. The van der Waals surface area contributed by atoms with Crippen LogP contribution < -0.4 is 14.8 Å². The van der Waals surface area contributed by atoms with Crippen LogP contribution in [0.5, 0.6) is 11.5 Å². The predicted octanol–water partition coefficient (Wildman–Crippen LogP) is 6.05. The van der Waals surface area contributed by atoms with Gasteiger partial charge in [-0.25, -0.2) is 13.6 Å². The normalized spacial score (nSPS) is 11.6. The van der Waals surface area contributed by atoms with Gasteiger partial charge in [0.15, 0.2) is 0 Å². The van der Waals surface area contributed by atoms with E-state index in [9.17, 15) is 26.4 Å². The fourth-order valence-corrected chi connectivity index (χ4v) is 4.48.